The van der Waals surface area contributed by atoms with Crippen molar-refractivity contribution < 1.29 is 19.5 Å². The molecule has 7 heteroatoms. The van der Waals surface area contributed by atoms with Crippen molar-refractivity contribution in [2.24, 2.45) is 11.8 Å². The molecular weight excluding hydrogens is 482 g/mol. The SMILES string of the molecule is O=C(c1cccc(Cl)c1)C1C(c2cccs2)C(C(=O)O)N(C(=O)C2CC2)C1C=Cc1ccccc1. The third kappa shape index (κ3) is 4.68. The first-order chi connectivity index (χ1) is 17.0. The zero-order chi connectivity index (χ0) is 24.5. The Morgan fingerprint density at radius 1 is 1.00 bits per heavy atom. The monoisotopic (exact) mass is 505 g/mol. The summed E-state index contributed by atoms with van der Waals surface area (Å²) in [5.74, 6) is -3.14. The molecule has 0 radical (unpaired) electrons. The van der Waals surface area contributed by atoms with Crippen molar-refractivity contribution in [3.8, 4) is 0 Å². The van der Waals surface area contributed by atoms with Gasteiger partial charge in [0.1, 0.15) is 6.04 Å². The molecule has 1 saturated carbocycles. The summed E-state index contributed by atoms with van der Waals surface area (Å²) in [6.07, 6.45) is 5.18. The summed E-state index contributed by atoms with van der Waals surface area (Å²) in [4.78, 5) is 42.5. The molecule has 1 aromatic heterocycles. The van der Waals surface area contributed by atoms with Crippen molar-refractivity contribution in [1.29, 1.82) is 0 Å². The van der Waals surface area contributed by atoms with E-state index in [1.54, 1.807) is 24.3 Å². The molecule has 1 aliphatic carbocycles. The van der Waals surface area contributed by atoms with Crippen LogP contribution >= 0.6 is 22.9 Å². The van der Waals surface area contributed by atoms with E-state index in [1.807, 2.05) is 60.0 Å². The number of carboxylic acid groups (broad SMARTS) is 1. The number of hydrogen-bond acceptors (Lipinski definition) is 4. The van der Waals surface area contributed by atoms with Crippen LogP contribution in [-0.2, 0) is 9.59 Å². The molecule has 35 heavy (non-hydrogen) atoms. The Morgan fingerprint density at radius 2 is 1.77 bits per heavy atom. The number of Topliss-reactive ketones (excluding diaryl/α,β-unsaturated/α-hetero) is 1. The average Bonchev–Trinajstić information content (AvgIpc) is 3.45. The van der Waals surface area contributed by atoms with E-state index >= 15 is 0 Å². The standard InChI is InChI=1S/C28H24ClNO4S/c29-20-9-4-8-19(16-20)26(31)23-21(14-11-17-6-2-1-3-7-17)30(27(32)18-12-13-18)25(28(33)34)24(23)22-10-5-15-35-22/h1-11,14-16,18,21,23-25H,12-13H2,(H,33,34). The molecule has 3 aromatic rings. The second-order valence-electron chi connectivity index (χ2n) is 9.00. The van der Waals surface area contributed by atoms with E-state index < -0.39 is 29.9 Å². The molecule has 178 valence electrons. The summed E-state index contributed by atoms with van der Waals surface area (Å²) in [6.45, 7) is 0. The Morgan fingerprint density at radius 3 is 2.40 bits per heavy atom. The summed E-state index contributed by atoms with van der Waals surface area (Å²) in [7, 11) is 0. The maximum absolute atomic E-state index is 14.0. The molecular formula is C28H24ClNO4S. The Kier molecular flexibility index (Phi) is 6.58. The zero-order valence-corrected chi connectivity index (χ0v) is 20.4. The summed E-state index contributed by atoms with van der Waals surface area (Å²) < 4.78 is 0. The first-order valence-electron chi connectivity index (χ1n) is 11.6. The van der Waals surface area contributed by atoms with Crippen LogP contribution in [0.25, 0.3) is 6.08 Å². The number of amides is 1. The Labute approximate surface area is 212 Å². The molecule has 1 aliphatic heterocycles. The third-order valence-electron chi connectivity index (χ3n) is 6.72. The van der Waals surface area contributed by atoms with Gasteiger partial charge in [-0.1, -0.05) is 72.3 Å². The van der Waals surface area contributed by atoms with Crippen molar-refractivity contribution in [2.45, 2.75) is 30.8 Å². The van der Waals surface area contributed by atoms with E-state index in [0.717, 1.165) is 23.3 Å². The highest BCUT2D eigenvalue weighted by molar-refractivity contribution is 7.10. The minimum Gasteiger partial charge on any atom is -0.480 e. The number of rotatable bonds is 7. The molecule has 4 atom stereocenters. The lowest BCUT2D eigenvalue weighted by Crippen LogP contribution is -2.46. The molecule has 2 heterocycles. The van der Waals surface area contributed by atoms with E-state index in [9.17, 15) is 19.5 Å². The Hall–Kier alpha value is -3.22. The minimum absolute atomic E-state index is 0.187. The number of carbonyl (C=O) groups is 3. The van der Waals surface area contributed by atoms with Crippen molar-refractivity contribution in [1.82, 2.24) is 4.90 Å². The molecule has 5 nitrogen and oxygen atoms in total. The number of carboxylic acids is 1. The highest BCUT2D eigenvalue weighted by atomic mass is 35.5. The van der Waals surface area contributed by atoms with Gasteiger partial charge in [-0.25, -0.2) is 4.79 Å². The molecule has 2 aromatic carbocycles. The second-order valence-corrected chi connectivity index (χ2v) is 10.4. The summed E-state index contributed by atoms with van der Waals surface area (Å²) >= 11 is 7.61. The van der Waals surface area contributed by atoms with E-state index in [2.05, 4.69) is 0 Å². The molecule has 1 N–H and O–H groups in total. The number of ketones is 1. The van der Waals surface area contributed by atoms with E-state index in [-0.39, 0.29) is 17.6 Å². The van der Waals surface area contributed by atoms with Crippen molar-refractivity contribution in [3.05, 3.63) is 99.2 Å². The Balaban J connectivity index is 1.67. The maximum Gasteiger partial charge on any atom is 0.327 e. The van der Waals surface area contributed by atoms with Crippen LogP contribution in [0, 0.1) is 11.8 Å². The van der Waals surface area contributed by atoms with Crippen molar-refractivity contribution >= 4 is 46.7 Å². The van der Waals surface area contributed by atoms with Crippen LogP contribution in [0.4, 0.5) is 0 Å². The van der Waals surface area contributed by atoms with Gasteiger partial charge in [-0.3, -0.25) is 9.59 Å². The molecule has 2 aliphatic rings. The number of hydrogen-bond donors (Lipinski definition) is 1. The van der Waals surface area contributed by atoms with Crippen LogP contribution in [0.3, 0.4) is 0 Å². The first-order valence-corrected chi connectivity index (χ1v) is 12.8. The highest BCUT2D eigenvalue weighted by Crippen LogP contribution is 2.48. The van der Waals surface area contributed by atoms with Crippen LogP contribution in [0.5, 0.6) is 0 Å². The number of carbonyl (C=O) groups excluding carboxylic acids is 2. The fraction of sp³-hybridized carbons (Fsp3) is 0.250. The minimum atomic E-state index is -1.14. The number of nitrogens with zero attached hydrogens (tertiary/aromatic N) is 1. The number of thiophene rings is 1. The predicted octanol–water partition coefficient (Wildman–Crippen LogP) is 5.77. The first kappa shape index (κ1) is 23.5. The summed E-state index contributed by atoms with van der Waals surface area (Å²) in [5.41, 5.74) is 1.32. The van der Waals surface area contributed by atoms with E-state index in [0.29, 0.717) is 10.6 Å². The van der Waals surface area contributed by atoms with Gasteiger partial charge in [0.15, 0.2) is 5.78 Å². The maximum atomic E-state index is 14.0. The fourth-order valence-electron chi connectivity index (χ4n) is 4.99. The Bertz CT molecular complexity index is 1270. The largest absolute Gasteiger partial charge is 0.480 e. The fourth-order valence-corrected chi connectivity index (χ4v) is 6.08. The zero-order valence-electron chi connectivity index (χ0n) is 18.8. The molecule has 1 amide bonds. The van der Waals surface area contributed by atoms with Crippen molar-refractivity contribution in [2.75, 3.05) is 0 Å². The van der Waals surface area contributed by atoms with Crippen LogP contribution in [0.15, 0.2) is 78.2 Å². The number of aliphatic carboxylic acids is 1. The predicted molar refractivity (Wildman–Crippen MR) is 137 cm³/mol. The lowest BCUT2D eigenvalue weighted by Gasteiger charge is -2.28. The van der Waals surface area contributed by atoms with Gasteiger partial charge in [0.2, 0.25) is 5.91 Å². The van der Waals surface area contributed by atoms with Crippen LogP contribution < -0.4 is 0 Å². The number of halogens is 1. The highest BCUT2D eigenvalue weighted by Gasteiger charge is 2.58. The molecule has 2 fully saturated rings. The van der Waals surface area contributed by atoms with Gasteiger partial charge >= 0.3 is 5.97 Å². The second kappa shape index (κ2) is 9.80. The summed E-state index contributed by atoms with van der Waals surface area (Å²) in [6, 6.07) is 18.1. The van der Waals surface area contributed by atoms with Gasteiger partial charge in [-0.05, 0) is 42.0 Å². The van der Waals surface area contributed by atoms with Crippen LogP contribution in [-0.4, -0.2) is 39.7 Å². The normalized spacial score (nSPS) is 24.1. The van der Waals surface area contributed by atoms with Gasteiger partial charge < -0.3 is 10.0 Å². The number of benzene rings is 2. The quantitative estimate of drug-likeness (QED) is 0.413. The molecule has 4 unspecified atom stereocenters. The topological polar surface area (TPSA) is 74.7 Å². The summed E-state index contributed by atoms with van der Waals surface area (Å²) in [5, 5.41) is 12.7. The number of likely N-dealkylation sites (tertiary alicyclic amines) is 1. The lowest BCUT2D eigenvalue weighted by atomic mass is 9.80. The van der Waals surface area contributed by atoms with Gasteiger partial charge in [0, 0.05) is 27.3 Å². The smallest absolute Gasteiger partial charge is 0.327 e. The van der Waals surface area contributed by atoms with Crippen LogP contribution in [0.1, 0.15) is 39.6 Å². The average molecular weight is 506 g/mol. The molecule has 1 saturated heterocycles. The molecule has 5 rings (SSSR count). The van der Waals surface area contributed by atoms with Gasteiger partial charge in [-0.15, -0.1) is 11.3 Å². The van der Waals surface area contributed by atoms with Crippen molar-refractivity contribution in [3.63, 3.8) is 0 Å². The van der Waals surface area contributed by atoms with Crippen LogP contribution in [0.2, 0.25) is 5.02 Å². The molecule has 0 spiro atoms. The third-order valence-corrected chi connectivity index (χ3v) is 7.93. The van der Waals surface area contributed by atoms with E-state index in [1.165, 1.54) is 16.2 Å². The molecule has 0 bridgehead atoms. The lowest BCUT2D eigenvalue weighted by molar-refractivity contribution is -0.150. The van der Waals surface area contributed by atoms with Gasteiger partial charge in [0.25, 0.3) is 0 Å². The van der Waals surface area contributed by atoms with Gasteiger partial charge in [-0.2, -0.15) is 0 Å². The van der Waals surface area contributed by atoms with E-state index in [4.69, 9.17) is 11.6 Å². The van der Waals surface area contributed by atoms with Gasteiger partial charge in [0.05, 0.1) is 12.0 Å².